The molecule has 0 spiro atoms. The molecular weight excluding hydrogens is 324 g/mol. The summed E-state index contributed by atoms with van der Waals surface area (Å²) in [5.74, 6) is -0.0176. The van der Waals surface area contributed by atoms with Gasteiger partial charge in [0.05, 0.1) is 0 Å². The van der Waals surface area contributed by atoms with Crippen molar-refractivity contribution in [1.82, 2.24) is 0 Å². The molecule has 2 aromatic carbocycles. The van der Waals surface area contributed by atoms with Gasteiger partial charge in [-0.25, -0.2) is 0 Å². The van der Waals surface area contributed by atoms with Gasteiger partial charge in [0.2, 0.25) is 5.78 Å². The number of thioether (sulfide) groups is 1. The van der Waals surface area contributed by atoms with E-state index in [1.54, 1.807) is 19.2 Å². The van der Waals surface area contributed by atoms with Crippen LogP contribution in [0.3, 0.4) is 0 Å². The zero-order valence-corrected chi connectivity index (χ0v) is 12.8. The second-order valence-corrected chi connectivity index (χ2v) is 5.92. The number of methoxy groups -OCH3 is 1. The average molecular weight is 337 g/mol. The summed E-state index contributed by atoms with van der Waals surface area (Å²) in [5, 5.41) is 0. The number of hydrogen-bond donors (Lipinski definition) is 0. The Hall–Kier alpha value is -1.10. The van der Waals surface area contributed by atoms with Gasteiger partial charge in [0.15, 0.2) is 5.44 Å². The zero-order chi connectivity index (χ0) is 13.7. The molecule has 0 aliphatic heterocycles. The SMILES string of the molecule is CO[C@@H](Sc1ccc(Br)cc1)C(=O)c1ccccc1. The molecule has 2 nitrogen and oxygen atoms in total. The molecule has 0 saturated carbocycles. The van der Waals surface area contributed by atoms with E-state index >= 15 is 0 Å². The van der Waals surface area contributed by atoms with Gasteiger partial charge >= 0.3 is 0 Å². The summed E-state index contributed by atoms with van der Waals surface area (Å²) in [4.78, 5) is 13.3. The summed E-state index contributed by atoms with van der Waals surface area (Å²) in [7, 11) is 1.55. The Morgan fingerprint density at radius 2 is 1.74 bits per heavy atom. The van der Waals surface area contributed by atoms with Gasteiger partial charge in [0.25, 0.3) is 0 Å². The molecule has 4 heteroatoms. The van der Waals surface area contributed by atoms with Crippen molar-refractivity contribution >= 4 is 33.5 Å². The largest absolute Gasteiger partial charge is 0.362 e. The monoisotopic (exact) mass is 336 g/mol. The number of hydrogen-bond acceptors (Lipinski definition) is 3. The van der Waals surface area contributed by atoms with Gasteiger partial charge in [-0.1, -0.05) is 58.0 Å². The molecule has 0 aliphatic carbocycles. The first-order valence-corrected chi connectivity index (χ1v) is 7.42. The van der Waals surface area contributed by atoms with Gasteiger partial charge < -0.3 is 4.74 Å². The van der Waals surface area contributed by atoms with Crippen molar-refractivity contribution in [1.29, 1.82) is 0 Å². The summed E-state index contributed by atoms with van der Waals surface area (Å²) in [6.45, 7) is 0. The molecule has 1 atom stereocenters. The van der Waals surface area contributed by atoms with Gasteiger partial charge in [0.1, 0.15) is 0 Å². The van der Waals surface area contributed by atoms with Crippen molar-refractivity contribution < 1.29 is 9.53 Å². The molecule has 0 unspecified atom stereocenters. The standard InChI is InChI=1S/C15H13BrO2S/c1-18-15(14(17)11-5-3-2-4-6-11)19-13-9-7-12(16)8-10-13/h2-10,15H,1H3/t15-/m0/s1. The van der Waals surface area contributed by atoms with Crippen LogP contribution in [0.5, 0.6) is 0 Å². The van der Waals surface area contributed by atoms with Gasteiger partial charge in [-0.05, 0) is 24.3 Å². The van der Waals surface area contributed by atoms with Crippen LogP contribution in [0.15, 0.2) is 64.0 Å². The molecule has 98 valence electrons. The lowest BCUT2D eigenvalue weighted by Crippen LogP contribution is -2.19. The molecule has 0 N–H and O–H groups in total. The van der Waals surface area contributed by atoms with Crippen molar-refractivity contribution in [2.75, 3.05) is 7.11 Å². The maximum absolute atomic E-state index is 12.3. The number of halogens is 1. The van der Waals surface area contributed by atoms with Crippen molar-refractivity contribution in [3.8, 4) is 0 Å². The molecule has 0 aromatic heterocycles. The predicted octanol–water partition coefficient (Wildman–Crippen LogP) is 4.40. The molecule has 2 aromatic rings. The van der Waals surface area contributed by atoms with E-state index in [-0.39, 0.29) is 5.78 Å². The van der Waals surface area contributed by atoms with Crippen LogP contribution in [0.1, 0.15) is 10.4 Å². The number of carbonyl (C=O) groups excluding carboxylic acids is 1. The third kappa shape index (κ3) is 3.93. The van der Waals surface area contributed by atoms with E-state index in [9.17, 15) is 4.79 Å². The molecule has 2 rings (SSSR count). The van der Waals surface area contributed by atoms with Gasteiger partial charge in [0, 0.05) is 22.0 Å². The fourth-order valence-corrected chi connectivity index (χ4v) is 2.73. The Kier molecular flexibility index (Phi) is 5.19. The summed E-state index contributed by atoms with van der Waals surface area (Å²) in [5.41, 5.74) is 0.141. The van der Waals surface area contributed by atoms with E-state index in [1.165, 1.54) is 11.8 Å². The van der Waals surface area contributed by atoms with Crippen molar-refractivity contribution in [2.45, 2.75) is 10.3 Å². The first-order valence-electron chi connectivity index (χ1n) is 5.75. The van der Waals surface area contributed by atoms with E-state index in [1.807, 2.05) is 42.5 Å². The Balaban J connectivity index is 2.12. The fourth-order valence-electron chi connectivity index (χ4n) is 1.58. The summed E-state index contributed by atoms with van der Waals surface area (Å²) >= 11 is 4.79. The molecule has 19 heavy (non-hydrogen) atoms. The number of benzene rings is 2. The highest BCUT2D eigenvalue weighted by Crippen LogP contribution is 2.27. The summed E-state index contributed by atoms with van der Waals surface area (Å²) in [6.07, 6.45) is 0. The third-order valence-electron chi connectivity index (χ3n) is 2.54. The van der Waals surface area contributed by atoms with Crippen LogP contribution in [0.25, 0.3) is 0 Å². The smallest absolute Gasteiger partial charge is 0.202 e. The van der Waals surface area contributed by atoms with Gasteiger partial charge in [-0.15, -0.1) is 0 Å². The van der Waals surface area contributed by atoms with E-state index in [0.29, 0.717) is 5.56 Å². The number of carbonyl (C=O) groups is 1. The molecular formula is C15H13BrO2S. The predicted molar refractivity (Wildman–Crippen MR) is 81.6 cm³/mol. The molecule has 0 radical (unpaired) electrons. The lowest BCUT2D eigenvalue weighted by Gasteiger charge is -2.13. The maximum atomic E-state index is 12.3. The topological polar surface area (TPSA) is 26.3 Å². The van der Waals surface area contributed by atoms with Gasteiger partial charge in [-0.3, -0.25) is 4.79 Å². The Labute approximate surface area is 125 Å². The lowest BCUT2D eigenvalue weighted by atomic mass is 10.1. The average Bonchev–Trinajstić information content (AvgIpc) is 2.47. The highest BCUT2D eigenvalue weighted by Gasteiger charge is 2.20. The third-order valence-corrected chi connectivity index (χ3v) is 4.24. The quantitative estimate of drug-likeness (QED) is 0.460. The minimum atomic E-state index is -0.524. The Morgan fingerprint density at radius 3 is 2.32 bits per heavy atom. The molecule has 0 fully saturated rings. The van der Waals surface area contributed by atoms with Crippen LogP contribution >= 0.6 is 27.7 Å². The molecule has 0 amide bonds. The minimum Gasteiger partial charge on any atom is -0.362 e. The van der Waals surface area contributed by atoms with Crippen LogP contribution in [0, 0.1) is 0 Å². The first-order chi connectivity index (χ1) is 9.20. The van der Waals surface area contributed by atoms with Crippen molar-refractivity contribution in [2.24, 2.45) is 0 Å². The van der Waals surface area contributed by atoms with Crippen molar-refractivity contribution in [3.63, 3.8) is 0 Å². The minimum absolute atomic E-state index is 0.0176. The van der Waals surface area contributed by atoms with Crippen LogP contribution in [0.4, 0.5) is 0 Å². The Morgan fingerprint density at radius 1 is 1.11 bits per heavy atom. The highest BCUT2D eigenvalue weighted by atomic mass is 79.9. The molecule has 0 bridgehead atoms. The number of ether oxygens (including phenoxy) is 1. The number of Topliss-reactive ketones (excluding diaryl/α,β-unsaturated/α-hetero) is 1. The van der Waals surface area contributed by atoms with E-state index in [2.05, 4.69) is 15.9 Å². The lowest BCUT2D eigenvalue weighted by molar-refractivity contribution is 0.0794. The fraction of sp³-hybridized carbons (Fsp3) is 0.133. The molecule has 0 aliphatic rings. The maximum Gasteiger partial charge on any atom is 0.202 e. The van der Waals surface area contributed by atoms with Crippen LogP contribution < -0.4 is 0 Å². The van der Waals surface area contributed by atoms with E-state index in [0.717, 1.165) is 9.37 Å². The second kappa shape index (κ2) is 6.89. The Bertz CT molecular complexity index is 540. The highest BCUT2D eigenvalue weighted by molar-refractivity contribution is 9.10. The van der Waals surface area contributed by atoms with Crippen molar-refractivity contribution in [3.05, 3.63) is 64.6 Å². The van der Waals surface area contributed by atoms with Gasteiger partial charge in [-0.2, -0.15) is 0 Å². The first kappa shape index (κ1) is 14.3. The zero-order valence-electron chi connectivity index (χ0n) is 10.4. The second-order valence-electron chi connectivity index (χ2n) is 3.87. The van der Waals surface area contributed by atoms with Crippen LogP contribution in [0.2, 0.25) is 0 Å². The number of rotatable bonds is 5. The number of ketones is 1. The summed E-state index contributed by atoms with van der Waals surface area (Å²) < 4.78 is 6.32. The van der Waals surface area contributed by atoms with E-state index in [4.69, 9.17) is 4.74 Å². The molecule has 0 saturated heterocycles. The molecule has 0 heterocycles. The van der Waals surface area contributed by atoms with Crippen LogP contribution in [-0.4, -0.2) is 18.3 Å². The van der Waals surface area contributed by atoms with E-state index < -0.39 is 5.44 Å². The normalized spacial score (nSPS) is 12.1. The van der Waals surface area contributed by atoms with Crippen LogP contribution in [-0.2, 0) is 4.74 Å². The summed E-state index contributed by atoms with van der Waals surface area (Å²) in [6, 6.07) is 17.0.